The number of H-pyrrole nitrogens is 1. The summed E-state index contributed by atoms with van der Waals surface area (Å²) in [6, 6.07) is 2.16. The monoisotopic (exact) mass is 510 g/mol. The molecule has 0 amide bonds. The standard InChI is InChI=1S/C21H24F6N4O2S/c1-13-28-9-17(29-13)11-31-18(6-4-14-2-3-14)12-30(34(32,33)21(25,26)27)10-15-8-16(20(22,23)24)5-7-19(15)31/h5,7-9,14,18H,2-4,6,10-12H2,1H3,(H,28,29)/t18-/m0/s1. The zero-order valence-electron chi connectivity index (χ0n) is 18.2. The number of halogens is 6. The molecule has 0 radical (unpaired) electrons. The van der Waals surface area contributed by atoms with E-state index < -0.39 is 46.4 Å². The van der Waals surface area contributed by atoms with Gasteiger partial charge in [-0.3, -0.25) is 0 Å². The number of benzene rings is 1. The normalized spacial score (nSPS) is 20.3. The van der Waals surface area contributed by atoms with Gasteiger partial charge in [0.15, 0.2) is 0 Å². The van der Waals surface area contributed by atoms with E-state index in [1.165, 1.54) is 6.07 Å². The summed E-state index contributed by atoms with van der Waals surface area (Å²) in [6.07, 6.45) is -0.0792. The summed E-state index contributed by atoms with van der Waals surface area (Å²) in [6.45, 7) is 0.559. The number of anilines is 1. The van der Waals surface area contributed by atoms with Gasteiger partial charge in [0.2, 0.25) is 0 Å². The molecule has 6 nitrogen and oxygen atoms in total. The SMILES string of the molecule is Cc1ncc(CN2c3ccc(C(F)(F)F)cc3CN(S(=O)(=O)C(F)(F)F)C[C@@H]2CCC2CC2)[nH]1. The van der Waals surface area contributed by atoms with Crippen LogP contribution in [0, 0.1) is 12.8 Å². The fourth-order valence-corrected chi connectivity index (χ4v) is 5.28. The van der Waals surface area contributed by atoms with Crippen LogP contribution in [0.1, 0.15) is 48.3 Å². The quantitative estimate of drug-likeness (QED) is 0.558. The van der Waals surface area contributed by atoms with Gasteiger partial charge in [0.25, 0.3) is 0 Å². The minimum atomic E-state index is -5.76. The molecule has 1 aliphatic carbocycles. The number of nitrogens with zero attached hydrogens (tertiary/aromatic N) is 3. The van der Waals surface area contributed by atoms with E-state index in [4.69, 9.17) is 0 Å². The summed E-state index contributed by atoms with van der Waals surface area (Å²) in [5.74, 6) is 1.03. The van der Waals surface area contributed by atoms with Crippen molar-refractivity contribution in [2.24, 2.45) is 5.92 Å². The Hall–Kier alpha value is -2.28. The fraction of sp³-hybridized carbons (Fsp3) is 0.571. The van der Waals surface area contributed by atoms with E-state index in [0.717, 1.165) is 25.0 Å². The van der Waals surface area contributed by atoms with E-state index in [2.05, 4.69) is 9.97 Å². The maximum absolute atomic E-state index is 13.5. The summed E-state index contributed by atoms with van der Waals surface area (Å²) >= 11 is 0. The van der Waals surface area contributed by atoms with Crippen LogP contribution in [0.4, 0.5) is 32.0 Å². The van der Waals surface area contributed by atoms with Gasteiger partial charge in [0, 0.05) is 24.8 Å². The summed E-state index contributed by atoms with van der Waals surface area (Å²) in [5, 5.41) is 0. The van der Waals surface area contributed by atoms with Crippen molar-refractivity contribution >= 4 is 15.7 Å². The highest BCUT2D eigenvalue weighted by molar-refractivity contribution is 7.89. The Morgan fingerprint density at radius 1 is 1.12 bits per heavy atom. The molecule has 0 unspecified atom stereocenters. The van der Waals surface area contributed by atoms with Gasteiger partial charge >= 0.3 is 21.7 Å². The van der Waals surface area contributed by atoms with Crippen LogP contribution in [0.5, 0.6) is 0 Å². The highest BCUT2D eigenvalue weighted by Crippen LogP contribution is 2.40. The number of aryl methyl sites for hydroxylation is 1. The van der Waals surface area contributed by atoms with Gasteiger partial charge in [-0.25, -0.2) is 13.4 Å². The molecule has 2 aliphatic rings. The number of alkyl halides is 6. The number of hydrogen-bond acceptors (Lipinski definition) is 4. The van der Waals surface area contributed by atoms with Crippen molar-refractivity contribution in [3.63, 3.8) is 0 Å². The van der Waals surface area contributed by atoms with E-state index in [-0.39, 0.29) is 22.1 Å². The average Bonchev–Trinajstić information content (AvgIpc) is 3.48. The highest BCUT2D eigenvalue weighted by Gasteiger charge is 2.51. The molecule has 13 heteroatoms. The maximum Gasteiger partial charge on any atom is 0.511 e. The lowest BCUT2D eigenvalue weighted by Gasteiger charge is -2.34. The fourth-order valence-electron chi connectivity index (χ4n) is 4.31. The summed E-state index contributed by atoms with van der Waals surface area (Å²) in [4.78, 5) is 8.85. The van der Waals surface area contributed by atoms with E-state index in [0.29, 0.717) is 30.3 Å². The lowest BCUT2D eigenvalue weighted by atomic mass is 10.0. The molecule has 34 heavy (non-hydrogen) atoms. The van der Waals surface area contributed by atoms with Gasteiger partial charge in [0.1, 0.15) is 5.82 Å². The smallest absolute Gasteiger partial charge is 0.361 e. The van der Waals surface area contributed by atoms with Crippen molar-refractivity contribution in [3.05, 3.63) is 47.0 Å². The second-order valence-electron chi connectivity index (χ2n) is 8.88. The Balaban J connectivity index is 1.81. The molecule has 2 aromatic rings. The molecule has 1 aromatic carbocycles. The van der Waals surface area contributed by atoms with Crippen LogP contribution in [0.15, 0.2) is 24.4 Å². The second-order valence-corrected chi connectivity index (χ2v) is 10.8. The number of aromatic amines is 1. The van der Waals surface area contributed by atoms with Crippen LogP contribution in [-0.2, 0) is 29.3 Å². The number of rotatable bonds is 6. The van der Waals surface area contributed by atoms with Gasteiger partial charge in [-0.2, -0.15) is 30.6 Å². The molecule has 1 aliphatic heterocycles. The third-order valence-corrected chi connectivity index (χ3v) is 7.79. The molecular weight excluding hydrogens is 486 g/mol. The molecule has 188 valence electrons. The zero-order chi connectivity index (χ0) is 24.9. The van der Waals surface area contributed by atoms with Gasteiger partial charge in [-0.15, -0.1) is 0 Å². The van der Waals surface area contributed by atoms with Crippen LogP contribution >= 0.6 is 0 Å². The third kappa shape index (κ3) is 5.19. The Morgan fingerprint density at radius 3 is 2.38 bits per heavy atom. The number of hydrogen-bond donors (Lipinski definition) is 1. The van der Waals surface area contributed by atoms with Crippen LogP contribution in [-0.4, -0.2) is 40.8 Å². The van der Waals surface area contributed by atoms with Gasteiger partial charge in [-0.05, 0) is 49.4 Å². The Bertz CT molecular complexity index is 1140. The maximum atomic E-state index is 13.5. The molecule has 0 bridgehead atoms. The van der Waals surface area contributed by atoms with Crippen molar-refractivity contribution in [1.29, 1.82) is 0 Å². The highest BCUT2D eigenvalue weighted by atomic mass is 32.2. The van der Waals surface area contributed by atoms with Gasteiger partial charge in [0.05, 0.1) is 24.0 Å². The van der Waals surface area contributed by atoms with Crippen molar-refractivity contribution < 1.29 is 34.8 Å². The van der Waals surface area contributed by atoms with Crippen LogP contribution in [0.25, 0.3) is 0 Å². The van der Waals surface area contributed by atoms with Crippen LogP contribution < -0.4 is 4.90 Å². The minimum absolute atomic E-state index is 0.132. The second kappa shape index (κ2) is 8.74. The minimum Gasteiger partial charge on any atom is -0.361 e. The van der Waals surface area contributed by atoms with Crippen molar-refractivity contribution in [2.75, 3.05) is 11.4 Å². The molecular formula is C21H24F6N4O2S. The molecule has 0 spiro atoms. The Labute approximate surface area is 193 Å². The molecule has 0 saturated heterocycles. The first kappa shape index (κ1) is 24.8. The lowest BCUT2D eigenvalue weighted by molar-refractivity contribution is -0.137. The summed E-state index contributed by atoms with van der Waals surface area (Å²) in [5.41, 5.74) is -5.85. The molecule has 1 N–H and O–H groups in total. The predicted molar refractivity (Wildman–Crippen MR) is 112 cm³/mol. The zero-order valence-corrected chi connectivity index (χ0v) is 19.1. The molecule has 2 heterocycles. The van der Waals surface area contributed by atoms with Gasteiger partial charge < -0.3 is 9.88 Å². The van der Waals surface area contributed by atoms with E-state index in [1.54, 1.807) is 18.0 Å². The first-order chi connectivity index (χ1) is 15.8. The van der Waals surface area contributed by atoms with Crippen molar-refractivity contribution in [3.8, 4) is 0 Å². The van der Waals surface area contributed by atoms with Crippen LogP contribution in [0.2, 0.25) is 0 Å². The molecule has 1 atom stereocenters. The van der Waals surface area contributed by atoms with Crippen molar-refractivity contribution in [2.45, 2.75) is 63.4 Å². The van der Waals surface area contributed by atoms with Crippen LogP contribution in [0.3, 0.4) is 0 Å². The number of fused-ring (bicyclic) bond motifs is 1. The topological polar surface area (TPSA) is 69.3 Å². The van der Waals surface area contributed by atoms with Gasteiger partial charge in [-0.1, -0.05) is 12.8 Å². The largest absolute Gasteiger partial charge is 0.511 e. The van der Waals surface area contributed by atoms with E-state index in [1.807, 2.05) is 0 Å². The molecule has 1 aromatic heterocycles. The average molecular weight is 511 g/mol. The predicted octanol–water partition coefficient (Wildman–Crippen LogP) is 4.97. The Kier molecular flexibility index (Phi) is 6.38. The first-order valence-electron chi connectivity index (χ1n) is 10.8. The molecule has 4 rings (SSSR count). The van der Waals surface area contributed by atoms with E-state index >= 15 is 0 Å². The molecule has 1 saturated carbocycles. The lowest BCUT2D eigenvalue weighted by Crippen LogP contribution is -2.47. The number of nitrogens with one attached hydrogen (secondary N) is 1. The van der Waals surface area contributed by atoms with Crippen molar-refractivity contribution in [1.82, 2.24) is 14.3 Å². The summed E-state index contributed by atoms with van der Waals surface area (Å²) in [7, 11) is -5.76. The summed E-state index contributed by atoms with van der Waals surface area (Å²) < 4.78 is 105. The van der Waals surface area contributed by atoms with E-state index in [9.17, 15) is 34.8 Å². The number of sulfonamides is 1. The third-order valence-electron chi connectivity index (χ3n) is 6.25. The number of imidazole rings is 1. The molecule has 1 fully saturated rings. The first-order valence-corrected chi connectivity index (χ1v) is 12.2. The Morgan fingerprint density at radius 2 is 1.82 bits per heavy atom. The number of aromatic nitrogens is 2.